The fraction of sp³-hybridized carbons (Fsp3) is 0.900. The van der Waals surface area contributed by atoms with E-state index in [0.29, 0.717) is 6.42 Å². The van der Waals surface area contributed by atoms with Crippen molar-refractivity contribution in [1.29, 1.82) is 0 Å². The third-order valence-electron chi connectivity index (χ3n) is 6.84. The van der Waals surface area contributed by atoms with Gasteiger partial charge in [-0.25, -0.2) is 8.78 Å². The summed E-state index contributed by atoms with van der Waals surface area (Å²) in [6.07, 6.45) is 1.23. The molecule has 3 heterocycles. The lowest BCUT2D eigenvalue weighted by Gasteiger charge is -2.45. The Bertz CT molecular complexity index is 597. The van der Waals surface area contributed by atoms with Crippen LogP contribution in [0, 0.1) is 5.92 Å². The first-order valence-electron chi connectivity index (χ1n) is 10.8. The zero-order valence-corrected chi connectivity index (χ0v) is 17.5. The second-order valence-corrected chi connectivity index (χ2v) is 8.84. The van der Waals surface area contributed by atoms with E-state index < -0.39 is 24.6 Å². The number of fused-ring (bicyclic) bond motifs is 1. The number of nitrogens with one attached hydrogen (secondary N) is 4. The van der Waals surface area contributed by atoms with E-state index in [1.165, 1.54) is 0 Å². The minimum absolute atomic E-state index is 0.124. The molecule has 0 aromatic rings. The second-order valence-electron chi connectivity index (χ2n) is 8.84. The molecule has 4 rings (SSSR count). The zero-order valence-electron chi connectivity index (χ0n) is 17.5. The monoisotopic (exact) mass is 415 g/mol. The van der Waals surface area contributed by atoms with Gasteiger partial charge in [0.25, 0.3) is 0 Å². The summed E-state index contributed by atoms with van der Waals surface area (Å²) in [7, 11) is 3.81. The van der Waals surface area contributed by atoms with E-state index in [9.17, 15) is 4.39 Å². The molecule has 3 aliphatic heterocycles. The summed E-state index contributed by atoms with van der Waals surface area (Å²) in [4.78, 5) is 2.25. The smallest absolute Gasteiger partial charge is 0.147 e. The van der Waals surface area contributed by atoms with E-state index in [2.05, 4.69) is 39.3 Å². The van der Waals surface area contributed by atoms with Gasteiger partial charge in [0.05, 0.1) is 18.4 Å². The molecule has 4 aliphatic rings. The van der Waals surface area contributed by atoms with Crippen LogP contribution < -0.4 is 21.3 Å². The molecule has 0 aromatic carbocycles. The Morgan fingerprint density at radius 1 is 1.21 bits per heavy atom. The highest BCUT2D eigenvalue weighted by molar-refractivity contribution is 5.18. The highest BCUT2D eigenvalue weighted by Gasteiger charge is 2.51. The number of likely N-dealkylation sites (N-methyl/N-ethyl adjacent to an activating group) is 1. The van der Waals surface area contributed by atoms with Gasteiger partial charge < -0.3 is 19.7 Å². The van der Waals surface area contributed by atoms with Crippen LogP contribution in [0.5, 0.6) is 0 Å². The van der Waals surface area contributed by atoms with E-state index in [1.807, 2.05) is 0 Å². The van der Waals surface area contributed by atoms with E-state index in [4.69, 9.17) is 9.47 Å². The molecule has 1 saturated carbocycles. The normalized spacial score (nSPS) is 46.8. The maximum Gasteiger partial charge on any atom is 0.147 e. The first-order valence-corrected chi connectivity index (χ1v) is 10.8. The Balaban J connectivity index is 1.49. The quantitative estimate of drug-likeness (QED) is 0.497. The molecule has 0 aromatic heterocycles. The lowest BCUT2D eigenvalue weighted by atomic mass is 9.74. The Morgan fingerprint density at radius 3 is 2.83 bits per heavy atom. The summed E-state index contributed by atoms with van der Waals surface area (Å²) < 4.78 is 41.8. The Kier molecular flexibility index (Phi) is 6.85. The molecule has 0 radical (unpaired) electrons. The average Bonchev–Trinajstić information content (AvgIpc) is 3.05. The summed E-state index contributed by atoms with van der Waals surface area (Å²) in [5.74, 6) is -0.310. The summed E-state index contributed by atoms with van der Waals surface area (Å²) in [6, 6.07) is -0.752. The lowest BCUT2D eigenvalue weighted by Crippen LogP contribution is -2.73. The predicted molar refractivity (Wildman–Crippen MR) is 107 cm³/mol. The number of hydrogen-bond acceptors (Lipinski definition) is 7. The lowest BCUT2D eigenvalue weighted by molar-refractivity contribution is -0.0143. The van der Waals surface area contributed by atoms with Crippen molar-refractivity contribution in [3.63, 3.8) is 0 Å². The summed E-state index contributed by atoms with van der Waals surface area (Å²) in [5.41, 5.74) is 1.14. The van der Waals surface area contributed by atoms with Gasteiger partial charge >= 0.3 is 0 Å². The van der Waals surface area contributed by atoms with Gasteiger partial charge in [-0.1, -0.05) is 11.6 Å². The van der Waals surface area contributed by atoms with Gasteiger partial charge in [0.1, 0.15) is 25.4 Å². The molecule has 4 N–H and O–H groups in total. The minimum atomic E-state index is -1.09. The molecule has 0 spiro atoms. The van der Waals surface area contributed by atoms with Gasteiger partial charge in [-0.15, -0.1) is 0 Å². The van der Waals surface area contributed by atoms with Crippen LogP contribution in [0.3, 0.4) is 0 Å². The highest BCUT2D eigenvalue weighted by atomic mass is 19.1. The topological polar surface area (TPSA) is 69.8 Å². The van der Waals surface area contributed by atoms with Crippen LogP contribution >= 0.6 is 0 Å². The Labute approximate surface area is 171 Å². The fourth-order valence-electron chi connectivity index (χ4n) is 5.17. The van der Waals surface area contributed by atoms with Crippen molar-refractivity contribution in [2.75, 3.05) is 34.0 Å². The highest BCUT2D eigenvalue weighted by Crippen LogP contribution is 2.41. The van der Waals surface area contributed by atoms with Crippen LogP contribution in [0.15, 0.2) is 11.6 Å². The van der Waals surface area contributed by atoms with Gasteiger partial charge in [-0.05, 0) is 46.8 Å². The molecular weight excluding hydrogens is 380 g/mol. The largest absolute Gasteiger partial charge is 0.349 e. The molecule has 9 unspecified atom stereocenters. The van der Waals surface area contributed by atoms with E-state index in [0.717, 1.165) is 31.5 Å². The molecule has 166 valence electrons. The molecular formula is C20H35F2N5O2. The van der Waals surface area contributed by atoms with Gasteiger partial charge in [0.15, 0.2) is 0 Å². The molecule has 0 bridgehead atoms. The van der Waals surface area contributed by atoms with Crippen LogP contribution in [0.2, 0.25) is 0 Å². The molecule has 0 amide bonds. The van der Waals surface area contributed by atoms with Gasteiger partial charge in [0, 0.05) is 24.5 Å². The van der Waals surface area contributed by atoms with Crippen molar-refractivity contribution in [1.82, 2.24) is 26.2 Å². The predicted octanol–water partition coefficient (Wildman–Crippen LogP) is 0.445. The molecule has 29 heavy (non-hydrogen) atoms. The number of alkyl halides is 2. The number of ether oxygens (including phenoxy) is 2. The van der Waals surface area contributed by atoms with Crippen LogP contribution in [0.4, 0.5) is 8.78 Å². The number of rotatable bonds is 4. The SMILES string of the molecule is CNC1NC(NC2CC3OCOC3C(C3=CCN(C)CCC3)C2F)NC(C)C1F. The standard InChI is InChI=1S/C20H35F2N5O2/c1-11-16(21)19(23-2)26-20(24-11)25-13-9-14-18(29-10-28-14)15(17(13)22)12-5-4-7-27(3)8-6-12/h6,11,13-20,23-26H,4-5,7-10H2,1-3H3. The fourth-order valence-corrected chi connectivity index (χ4v) is 5.17. The Morgan fingerprint density at radius 2 is 2.03 bits per heavy atom. The van der Waals surface area contributed by atoms with Crippen LogP contribution in [0.25, 0.3) is 0 Å². The van der Waals surface area contributed by atoms with Gasteiger partial charge in [-0.2, -0.15) is 0 Å². The zero-order chi connectivity index (χ0) is 20.5. The van der Waals surface area contributed by atoms with Crippen molar-refractivity contribution in [3.8, 4) is 0 Å². The van der Waals surface area contributed by atoms with Crippen molar-refractivity contribution < 1.29 is 18.3 Å². The summed E-state index contributed by atoms with van der Waals surface area (Å²) in [6.45, 7) is 3.87. The third kappa shape index (κ3) is 4.51. The van der Waals surface area contributed by atoms with Crippen LogP contribution in [0.1, 0.15) is 26.2 Å². The third-order valence-corrected chi connectivity index (χ3v) is 6.84. The minimum Gasteiger partial charge on any atom is -0.349 e. The second kappa shape index (κ2) is 9.21. The van der Waals surface area contributed by atoms with E-state index in [-0.39, 0.29) is 37.3 Å². The first-order chi connectivity index (χ1) is 14.0. The number of nitrogens with zero attached hydrogens (tertiary/aromatic N) is 1. The molecule has 3 fully saturated rings. The van der Waals surface area contributed by atoms with Crippen molar-refractivity contribution in [3.05, 3.63) is 11.6 Å². The molecule has 9 heteroatoms. The van der Waals surface area contributed by atoms with Crippen LogP contribution in [-0.2, 0) is 9.47 Å². The average molecular weight is 416 g/mol. The van der Waals surface area contributed by atoms with E-state index >= 15 is 4.39 Å². The molecule has 1 aliphatic carbocycles. The van der Waals surface area contributed by atoms with Gasteiger partial charge in [0.2, 0.25) is 0 Å². The van der Waals surface area contributed by atoms with Gasteiger partial charge in [-0.3, -0.25) is 16.0 Å². The molecule has 2 saturated heterocycles. The maximum absolute atomic E-state index is 15.9. The molecule has 9 atom stereocenters. The maximum atomic E-state index is 15.9. The van der Waals surface area contributed by atoms with Crippen molar-refractivity contribution in [2.45, 2.75) is 75.3 Å². The number of hydrogen-bond donors (Lipinski definition) is 4. The number of halogens is 2. The van der Waals surface area contributed by atoms with Crippen molar-refractivity contribution in [2.24, 2.45) is 5.92 Å². The van der Waals surface area contributed by atoms with Crippen LogP contribution in [-0.4, -0.2) is 88.0 Å². The molecule has 7 nitrogen and oxygen atoms in total. The van der Waals surface area contributed by atoms with E-state index in [1.54, 1.807) is 14.0 Å². The first kappa shape index (κ1) is 21.5. The summed E-state index contributed by atoms with van der Waals surface area (Å²) in [5, 5.41) is 12.6. The Hall–Kier alpha value is -0.680. The summed E-state index contributed by atoms with van der Waals surface area (Å²) >= 11 is 0. The van der Waals surface area contributed by atoms with Crippen molar-refractivity contribution >= 4 is 0 Å².